The van der Waals surface area contributed by atoms with Gasteiger partial charge in [-0.15, -0.1) is 11.3 Å². The van der Waals surface area contributed by atoms with Gasteiger partial charge in [-0.3, -0.25) is 4.79 Å². The highest BCUT2D eigenvalue weighted by Gasteiger charge is 2.22. The van der Waals surface area contributed by atoms with Crippen LogP contribution in [-0.4, -0.2) is 57.7 Å². The van der Waals surface area contributed by atoms with Gasteiger partial charge >= 0.3 is 0 Å². The quantitative estimate of drug-likeness (QED) is 0.621. The highest BCUT2D eigenvalue weighted by atomic mass is 32.2. The Labute approximate surface area is 144 Å². The van der Waals surface area contributed by atoms with E-state index in [9.17, 15) is 4.79 Å². The Bertz CT molecular complexity index is 648. The van der Waals surface area contributed by atoms with Crippen molar-refractivity contribution in [1.82, 2.24) is 19.9 Å². The molecule has 0 unspecified atom stereocenters. The molecule has 0 saturated carbocycles. The summed E-state index contributed by atoms with van der Waals surface area (Å²) < 4.78 is 0. The number of hydrogen-bond acceptors (Lipinski definition) is 7. The van der Waals surface area contributed by atoms with Crippen LogP contribution >= 0.6 is 23.1 Å². The number of thiazole rings is 1. The van der Waals surface area contributed by atoms with Crippen molar-refractivity contribution >= 4 is 34.1 Å². The average Bonchev–Trinajstić information content (AvgIpc) is 3.06. The van der Waals surface area contributed by atoms with Gasteiger partial charge in [0.15, 0.2) is 10.3 Å². The Hall–Kier alpha value is -1.67. The molecule has 122 valence electrons. The maximum Gasteiger partial charge on any atom is 0.233 e. The molecule has 3 heterocycles. The van der Waals surface area contributed by atoms with Gasteiger partial charge in [-0.05, 0) is 19.9 Å². The standard InChI is InChI=1S/C15H19N5OS2/c1-11-9-12(2)18-14(17-11)23-10-13(21)19-4-6-20(7-5-19)15-16-3-8-22-15/h3,8-9H,4-7,10H2,1-2H3. The third-order valence-corrected chi connectivity index (χ3v) is 5.27. The Balaban J connectivity index is 1.49. The minimum atomic E-state index is 0.150. The minimum Gasteiger partial charge on any atom is -0.345 e. The Kier molecular flexibility index (Phi) is 5.12. The Morgan fingerprint density at radius 1 is 1.22 bits per heavy atom. The molecule has 0 atom stereocenters. The molecule has 1 amide bonds. The number of hydrogen-bond donors (Lipinski definition) is 0. The lowest BCUT2D eigenvalue weighted by Gasteiger charge is -2.34. The van der Waals surface area contributed by atoms with Gasteiger partial charge in [0.05, 0.1) is 5.75 Å². The summed E-state index contributed by atoms with van der Waals surface area (Å²) in [5.41, 5.74) is 1.87. The molecule has 2 aromatic heterocycles. The zero-order chi connectivity index (χ0) is 16.2. The van der Waals surface area contributed by atoms with E-state index in [1.165, 1.54) is 11.8 Å². The van der Waals surface area contributed by atoms with Crippen molar-refractivity contribution in [2.45, 2.75) is 19.0 Å². The first-order valence-electron chi connectivity index (χ1n) is 7.49. The van der Waals surface area contributed by atoms with Gasteiger partial charge in [-0.1, -0.05) is 11.8 Å². The van der Waals surface area contributed by atoms with Crippen molar-refractivity contribution in [2.24, 2.45) is 0 Å². The normalized spacial score (nSPS) is 15.0. The van der Waals surface area contributed by atoms with Crippen LogP contribution in [0, 0.1) is 13.8 Å². The molecule has 8 heteroatoms. The number of carbonyl (C=O) groups is 1. The topological polar surface area (TPSA) is 62.2 Å². The fraction of sp³-hybridized carbons (Fsp3) is 0.467. The third kappa shape index (κ3) is 4.20. The second-order valence-electron chi connectivity index (χ2n) is 5.40. The van der Waals surface area contributed by atoms with Gasteiger partial charge < -0.3 is 9.80 Å². The maximum atomic E-state index is 12.4. The van der Waals surface area contributed by atoms with Crippen LogP contribution in [0.3, 0.4) is 0 Å². The number of carbonyl (C=O) groups excluding carboxylic acids is 1. The summed E-state index contributed by atoms with van der Waals surface area (Å²) >= 11 is 3.05. The van der Waals surface area contributed by atoms with E-state index in [-0.39, 0.29) is 5.91 Å². The summed E-state index contributed by atoms with van der Waals surface area (Å²) in [6.45, 7) is 7.05. The first-order chi connectivity index (χ1) is 11.1. The van der Waals surface area contributed by atoms with Gasteiger partial charge in [0.25, 0.3) is 0 Å². The molecule has 1 aliphatic rings. The van der Waals surface area contributed by atoms with Crippen molar-refractivity contribution in [3.8, 4) is 0 Å². The molecule has 0 N–H and O–H groups in total. The molecule has 0 aromatic carbocycles. The predicted octanol–water partition coefficient (Wildman–Crippen LogP) is 1.99. The van der Waals surface area contributed by atoms with E-state index in [0.29, 0.717) is 10.9 Å². The second-order valence-corrected chi connectivity index (χ2v) is 7.22. The first-order valence-corrected chi connectivity index (χ1v) is 9.35. The molecule has 0 spiro atoms. The summed E-state index contributed by atoms with van der Waals surface area (Å²) in [5, 5.41) is 3.69. The summed E-state index contributed by atoms with van der Waals surface area (Å²) in [5.74, 6) is 0.539. The van der Waals surface area contributed by atoms with E-state index in [4.69, 9.17) is 0 Å². The van der Waals surface area contributed by atoms with E-state index in [2.05, 4.69) is 19.9 Å². The molecule has 1 fully saturated rings. The number of rotatable bonds is 4. The van der Waals surface area contributed by atoms with Crippen molar-refractivity contribution in [3.05, 3.63) is 29.0 Å². The van der Waals surface area contributed by atoms with Crippen LogP contribution in [0.25, 0.3) is 0 Å². The number of anilines is 1. The number of thioether (sulfide) groups is 1. The predicted molar refractivity (Wildman–Crippen MR) is 93.1 cm³/mol. The fourth-order valence-electron chi connectivity index (χ4n) is 2.49. The largest absolute Gasteiger partial charge is 0.345 e. The van der Waals surface area contributed by atoms with E-state index in [0.717, 1.165) is 42.7 Å². The zero-order valence-electron chi connectivity index (χ0n) is 13.2. The summed E-state index contributed by atoms with van der Waals surface area (Å²) in [7, 11) is 0. The molecule has 1 aliphatic heterocycles. The minimum absolute atomic E-state index is 0.150. The van der Waals surface area contributed by atoms with E-state index in [1.54, 1.807) is 11.3 Å². The van der Waals surface area contributed by atoms with Gasteiger partial charge in [-0.2, -0.15) is 0 Å². The number of aryl methyl sites for hydroxylation is 2. The average molecular weight is 349 g/mol. The highest BCUT2D eigenvalue weighted by Crippen LogP contribution is 2.20. The molecule has 0 aliphatic carbocycles. The molecule has 3 rings (SSSR count). The first kappa shape index (κ1) is 16.2. The van der Waals surface area contributed by atoms with Crippen molar-refractivity contribution < 1.29 is 4.79 Å². The van der Waals surface area contributed by atoms with Crippen LogP contribution < -0.4 is 4.90 Å². The van der Waals surface area contributed by atoms with Crippen molar-refractivity contribution in [3.63, 3.8) is 0 Å². The lowest BCUT2D eigenvalue weighted by molar-refractivity contribution is -0.128. The molecule has 1 saturated heterocycles. The SMILES string of the molecule is Cc1cc(C)nc(SCC(=O)N2CCN(c3nccs3)CC2)n1. The summed E-state index contributed by atoms with van der Waals surface area (Å²) in [6, 6.07) is 1.93. The van der Waals surface area contributed by atoms with Crippen LogP contribution in [0.1, 0.15) is 11.4 Å². The Morgan fingerprint density at radius 3 is 2.52 bits per heavy atom. The van der Waals surface area contributed by atoms with Gasteiger partial charge in [0.1, 0.15) is 0 Å². The molecule has 6 nitrogen and oxygen atoms in total. The van der Waals surface area contributed by atoms with E-state index >= 15 is 0 Å². The van der Waals surface area contributed by atoms with Crippen molar-refractivity contribution in [1.29, 1.82) is 0 Å². The molecule has 23 heavy (non-hydrogen) atoms. The van der Waals surface area contributed by atoms with Crippen molar-refractivity contribution in [2.75, 3.05) is 36.8 Å². The van der Waals surface area contributed by atoms with Crippen LogP contribution in [0.4, 0.5) is 5.13 Å². The lowest BCUT2D eigenvalue weighted by atomic mass is 10.3. The molecular weight excluding hydrogens is 330 g/mol. The van der Waals surface area contributed by atoms with Gasteiger partial charge in [0, 0.05) is 49.1 Å². The maximum absolute atomic E-state index is 12.4. The van der Waals surface area contributed by atoms with Crippen LogP contribution in [0.2, 0.25) is 0 Å². The number of amides is 1. The molecule has 0 bridgehead atoms. The fourth-order valence-corrected chi connectivity index (χ4v) is 4.04. The van der Waals surface area contributed by atoms with Gasteiger partial charge in [0.2, 0.25) is 5.91 Å². The Morgan fingerprint density at radius 2 is 1.91 bits per heavy atom. The van der Waals surface area contributed by atoms with Gasteiger partial charge in [-0.25, -0.2) is 15.0 Å². The van der Waals surface area contributed by atoms with E-state index < -0.39 is 0 Å². The molecular formula is C15H19N5OS2. The van der Waals surface area contributed by atoms with E-state index in [1.807, 2.05) is 36.4 Å². The zero-order valence-corrected chi connectivity index (χ0v) is 14.9. The molecule has 2 aromatic rings. The lowest BCUT2D eigenvalue weighted by Crippen LogP contribution is -2.49. The van der Waals surface area contributed by atoms with Crippen LogP contribution in [-0.2, 0) is 4.79 Å². The number of piperazine rings is 1. The second kappa shape index (κ2) is 7.27. The third-order valence-electron chi connectivity index (χ3n) is 3.61. The monoisotopic (exact) mass is 349 g/mol. The summed E-state index contributed by atoms with van der Waals surface area (Å²) in [6.07, 6.45) is 1.82. The smallest absolute Gasteiger partial charge is 0.233 e. The number of nitrogens with zero attached hydrogens (tertiary/aromatic N) is 5. The van der Waals surface area contributed by atoms with Crippen LogP contribution in [0.5, 0.6) is 0 Å². The van der Waals surface area contributed by atoms with Crippen LogP contribution in [0.15, 0.2) is 22.8 Å². The number of aromatic nitrogens is 3. The summed E-state index contributed by atoms with van der Waals surface area (Å²) in [4.78, 5) is 29.5. The molecule has 0 radical (unpaired) electrons. The highest BCUT2D eigenvalue weighted by molar-refractivity contribution is 7.99.